The van der Waals surface area contributed by atoms with Gasteiger partial charge in [0.2, 0.25) is 0 Å². The first-order chi connectivity index (χ1) is 5.79. The maximum Gasteiger partial charge on any atom is 0.317 e. The Balaban J connectivity index is -0.0000000600. The fourth-order valence-corrected chi connectivity index (χ4v) is 0.973. The number of ether oxygens (including phenoxy) is 2. The highest BCUT2D eigenvalue weighted by Gasteiger charge is 2.12. The molecule has 0 spiro atoms. The lowest BCUT2D eigenvalue weighted by molar-refractivity contribution is -0.155. The average molecular weight is 268 g/mol. The zero-order valence-corrected chi connectivity index (χ0v) is 6.88. The lowest BCUT2D eigenvalue weighted by Crippen LogP contribution is -2.16. The van der Waals surface area contributed by atoms with Crippen molar-refractivity contribution in [3.8, 4) is 0 Å². The molecule has 0 atom stereocenters. The highest BCUT2D eigenvalue weighted by Crippen LogP contribution is 2.02. The molecule has 0 amide bonds. The van der Waals surface area contributed by atoms with Crippen molar-refractivity contribution in [1.82, 2.24) is 0 Å². The third kappa shape index (κ3) is 17.3. The molecular weight excluding hydrogens is 232 g/mol. The minimum Gasteiger partial charge on any atom is -0.465 e. The van der Waals surface area contributed by atoms with Crippen LogP contribution in [0.1, 0.15) is 70.2 Å². The Bertz CT molecular complexity index is 161. The van der Waals surface area contributed by atoms with Crippen LogP contribution in [0.5, 0.6) is 0 Å². The monoisotopic (exact) mass is 268 g/mol. The molecule has 0 aromatic heterocycles. The van der Waals surface area contributed by atoms with E-state index in [1.807, 2.05) is 0 Å². The van der Waals surface area contributed by atoms with Crippen LogP contribution in [0.4, 0.5) is 0 Å². The largest absolute Gasteiger partial charge is 0.465 e. The minimum atomic E-state index is -0.484. The maximum absolute atomic E-state index is 10.8. The number of cyclic esters (lactones) is 2. The van der Waals surface area contributed by atoms with Crippen molar-refractivity contribution in [1.29, 1.82) is 0 Å². The smallest absolute Gasteiger partial charge is 0.317 e. The Hall–Kier alpha value is -1.06. The molecule has 4 heteroatoms. The molecule has 0 saturated carbocycles. The first kappa shape index (κ1) is 36.0. The van der Waals surface area contributed by atoms with Gasteiger partial charge in [-0.15, -0.1) is 0 Å². The van der Waals surface area contributed by atoms with Gasteiger partial charge in [0.05, 0.1) is 13.2 Å². The van der Waals surface area contributed by atoms with Crippen molar-refractivity contribution in [2.45, 2.75) is 70.2 Å². The van der Waals surface area contributed by atoms with Crippen molar-refractivity contribution in [3.05, 3.63) is 0 Å². The minimum absolute atomic E-state index is 0. The molecule has 0 bridgehead atoms. The summed E-state index contributed by atoms with van der Waals surface area (Å²) in [6.07, 6.45) is 2.38. The average Bonchev–Trinajstić information content (AvgIpc) is 2.02. The highest BCUT2D eigenvalue weighted by atomic mass is 16.6. The molecule has 0 aromatic carbocycles. The highest BCUT2D eigenvalue weighted by molar-refractivity contribution is 5.91. The second kappa shape index (κ2) is 21.2. The van der Waals surface area contributed by atoms with Crippen LogP contribution >= 0.6 is 0 Å². The molecule has 1 rings (SSSR count). The third-order valence-corrected chi connectivity index (χ3v) is 1.60. The van der Waals surface area contributed by atoms with E-state index in [-0.39, 0.29) is 51.0 Å². The summed E-state index contributed by atoms with van der Waals surface area (Å²) in [6, 6.07) is 0. The lowest BCUT2D eigenvalue weighted by Gasteiger charge is -2.08. The predicted octanol–water partition coefficient (Wildman–Crippen LogP) is 4.46. The van der Waals surface area contributed by atoms with E-state index in [0.717, 1.165) is 19.3 Å². The summed E-state index contributed by atoms with van der Waals surface area (Å²) in [6.45, 7) is 0.845. The van der Waals surface area contributed by atoms with Crippen LogP contribution in [-0.4, -0.2) is 25.2 Å². The lowest BCUT2D eigenvalue weighted by atomic mass is 10.2. The molecule has 0 unspecified atom stereocenters. The molecule has 18 heavy (non-hydrogen) atoms. The first-order valence-electron chi connectivity index (χ1n) is 4.10. The van der Waals surface area contributed by atoms with E-state index < -0.39 is 11.9 Å². The molecule has 1 saturated heterocycles. The van der Waals surface area contributed by atoms with Gasteiger partial charge in [-0.1, -0.05) is 44.6 Å². The number of hydrogen-bond donors (Lipinski definition) is 0. The molecule has 0 aliphatic carbocycles. The quantitative estimate of drug-likeness (QED) is 0.480. The van der Waals surface area contributed by atoms with Gasteiger partial charge in [0.25, 0.3) is 0 Å². The summed E-state index contributed by atoms with van der Waals surface area (Å²) in [4.78, 5) is 21.6. The number of carbonyl (C=O) groups is 2. The fraction of sp³-hybridized carbons (Fsp3) is 0.857. The molecule has 0 radical (unpaired) electrons. The van der Waals surface area contributed by atoms with Gasteiger partial charge in [-0.3, -0.25) is 9.59 Å². The van der Waals surface area contributed by atoms with Gasteiger partial charge < -0.3 is 9.47 Å². The van der Waals surface area contributed by atoms with Crippen molar-refractivity contribution in [3.63, 3.8) is 0 Å². The Labute approximate surface area is 115 Å². The van der Waals surface area contributed by atoms with Crippen LogP contribution in [0.15, 0.2) is 0 Å². The molecule has 0 N–H and O–H groups in total. The van der Waals surface area contributed by atoms with Crippen LogP contribution in [-0.2, 0) is 19.1 Å². The summed E-state index contributed by atoms with van der Waals surface area (Å²) in [5.41, 5.74) is 0. The van der Waals surface area contributed by atoms with E-state index in [1.54, 1.807) is 0 Å². The van der Waals surface area contributed by atoms with Crippen molar-refractivity contribution in [2.75, 3.05) is 13.2 Å². The van der Waals surface area contributed by atoms with E-state index in [0.29, 0.717) is 13.2 Å². The molecule has 1 aliphatic rings. The van der Waals surface area contributed by atoms with E-state index >= 15 is 0 Å². The zero-order chi connectivity index (χ0) is 8.81. The van der Waals surface area contributed by atoms with Gasteiger partial charge in [-0.05, 0) is 19.3 Å². The summed E-state index contributed by atoms with van der Waals surface area (Å²) < 4.78 is 9.50. The molecule has 4 nitrogen and oxygen atoms in total. The van der Waals surface area contributed by atoms with Crippen LogP contribution in [0.25, 0.3) is 0 Å². The second-order valence-electron chi connectivity index (χ2n) is 2.68. The van der Waals surface area contributed by atoms with E-state index in [2.05, 4.69) is 0 Å². The molecule has 1 aliphatic heterocycles. The van der Waals surface area contributed by atoms with Crippen LogP contribution in [0.2, 0.25) is 0 Å². The van der Waals surface area contributed by atoms with E-state index in [4.69, 9.17) is 9.47 Å². The molecule has 116 valence electrons. The molecular formula is C14H36O4. The third-order valence-electron chi connectivity index (χ3n) is 1.60. The number of hydrogen-bond acceptors (Lipinski definition) is 4. The Morgan fingerprint density at radius 2 is 0.944 bits per heavy atom. The van der Waals surface area contributed by atoms with Crippen LogP contribution < -0.4 is 0 Å². The van der Waals surface area contributed by atoms with Crippen molar-refractivity contribution >= 4 is 11.9 Å². The standard InChI is InChI=1S/C8H12O4.6CH4/c9-7-6-8(10)12-5-3-1-2-4-11-7;;;;;;/h1-6H2;6*1H4. The van der Waals surface area contributed by atoms with E-state index in [1.165, 1.54) is 0 Å². The van der Waals surface area contributed by atoms with Gasteiger partial charge in [0, 0.05) is 0 Å². The van der Waals surface area contributed by atoms with Gasteiger partial charge in [-0.25, -0.2) is 0 Å². The second-order valence-corrected chi connectivity index (χ2v) is 2.68. The summed E-state index contributed by atoms with van der Waals surface area (Å²) in [7, 11) is 0. The van der Waals surface area contributed by atoms with Gasteiger partial charge in [0.15, 0.2) is 0 Å². The predicted molar refractivity (Wildman–Crippen MR) is 80.8 cm³/mol. The number of carbonyl (C=O) groups excluding carboxylic acids is 2. The Kier molecular flexibility index (Phi) is 42.5. The topological polar surface area (TPSA) is 52.6 Å². The van der Waals surface area contributed by atoms with Crippen LogP contribution in [0, 0.1) is 0 Å². The number of rotatable bonds is 0. The van der Waals surface area contributed by atoms with Crippen molar-refractivity contribution in [2.24, 2.45) is 0 Å². The van der Waals surface area contributed by atoms with E-state index in [9.17, 15) is 9.59 Å². The van der Waals surface area contributed by atoms with Crippen LogP contribution in [0.3, 0.4) is 0 Å². The normalized spacial score (nSPS) is 14.0. The maximum atomic E-state index is 10.8. The van der Waals surface area contributed by atoms with Gasteiger partial charge in [-0.2, -0.15) is 0 Å². The SMILES string of the molecule is C.C.C.C.C.C.O=C1CC(=O)OCCCCCO1. The summed E-state index contributed by atoms with van der Waals surface area (Å²) >= 11 is 0. The summed E-state index contributed by atoms with van der Waals surface area (Å²) in [5.74, 6) is -0.969. The molecule has 1 heterocycles. The van der Waals surface area contributed by atoms with Gasteiger partial charge in [0.1, 0.15) is 6.42 Å². The zero-order valence-electron chi connectivity index (χ0n) is 6.88. The Morgan fingerprint density at radius 3 is 1.28 bits per heavy atom. The molecule has 1 fully saturated rings. The first-order valence-corrected chi connectivity index (χ1v) is 4.10. The Morgan fingerprint density at radius 1 is 0.611 bits per heavy atom. The van der Waals surface area contributed by atoms with Gasteiger partial charge >= 0.3 is 11.9 Å². The fourth-order valence-electron chi connectivity index (χ4n) is 0.973. The summed E-state index contributed by atoms with van der Waals surface area (Å²) in [5, 5.41) is 0. The van der Waals surface area contributed by atoms with Crippen molar-refractivity contribution < 1.29 is 19.1 Å². The number of esters is 2. The molecule has 0 aromatic rings.